The van der Waals surface area contributed by atoms with E-state index in [2.05, 4.69) is 19.9 Å². The van der Waals surface area contributed by atoms with Crippen molar-refractivity contribution in [1.29, 1.82) is 0 Å². The van der Waals surface area contributed by atoms with Crippen molar-refractivity contribution in [2.75, 3.05) is 0 Å². The molecule has 1 heteroatoms. The molecule has 0 fully saturated rings. The van der Waals surface area contributed by atoms with Crippen LogP contribution in [0, 0.1) is 19.7 Å². The van der Waals surface area contributed by atoms with Crippen molar-refractivity contribution in [1.82, 2.24) is 0 Å². The van der Waals surface area contributed by atoms with Gasteiger partial charge in [0, 0.05) is 0 Å². The molecule has 66 valence electrons. The summed E-state index contributed by atoms with van der Waals surface area (Å²) in [5.41, 5.74) is 2.88. The van der Waals surface area contributed by atoms with Crippen molar-refractivity contribution < 1.29 is 4.39 Å². The van der Waals surface area contributed by atoms with Gasteiger partial charge < -0.3 is 0 Å². The fourth-order valence-corrected chi connectivity index (χ4v) is 1.18. The molecule has 0 bridgehead atoms. The molecule has 0 unspecified atom stereocenters. The van der Waals surface area contributed by atoms with Crippen LogP contribution in [0.25, 0.3) is 0 Å². The van der Waals surface area contributed by atoms with Gasteiger partial charge in [0.2, 0.25) is 0 Å². The van der Waals surface area contributed by atoms with E-state index in [-0.39, 0.29) is 5.82 Å². The van der Waals surface area contributed by atoms with Crippen LogP contribution in [0.1, 0.15) is 36.5 Å². The van der Waals surface area contributed by atoms with Crippen molar-refractivity contribution >= 4 is 0 Å². The highest BCUT2D eigenvalue weighted by molar-refractivity contribution is 5.32. The maximum absolute atomic E-state index is 13.2. The topological polar surface area (TPSA) is 0 Å². The third-order valence-corrected chi connectivity index (χ3v) is 2.29. The predicted octanol–water partition coefficient (Wildman–Crippen LogP) is 3.57. The normalized spacial score (nSPS) is 10.8. The molecule has 1 aromatic carbocycles. The molecule has 0 aliphatic rings. The molecule has 0 heterocycles. The summed E-state index contributed by atoms with van der Waals surface area (Å²) in [7, 11) is 0. The van der Waals surface area contributed by atoms with Crippen LogP contribution in [-0.4, -0.2) is 0 Å². The van der Waals surface area contributed by atoms with E-state index in [1.165, 1.54) is 0 Å². The molecule has 0 N–H and O–H groups in total. The van der Waals surface area contributed by atoms with E-state index in [1.54, 1.807) is 6.07 Å². The average molecular weight is 166 g/mol. The third kappa shape index (κ3) is 1.66. The third-order valence-electron chi connectivity index (χ3n) is 2.29. The van der Waals surface area contributed by atoms with Crippen LogP contribution in [0.3, 0.4) is 0 Å². The number of aryl methyl sites for hydroxylation is 1. The first kappa shape index (κ1) is 9.24. The number of hydrogen-bond donors (Lipinski definition) is 0. The van der Waals surface area contributed by atoms with Crippen LogP contribution >= 0.6 is 0 Å². The molecular weight excluding hydrogens is 151 g/mol. The summed E-state index contributed by atoms with van der Waals surface area (Å²) in [4.78, 5) is 0. The summed E-state index contributed by atoms with van der Waals surface area (Å²) < 4.78 is 13.2. The largest absolute Gasteiger partial charge is 0.207 e. The van der Waals surface area contributed by atoms with Crippen molar-refractivity contribution in [3.05, 3.63) is 34.6 Å². The standard InChI is InChI=1S/C11H15F/c1-7(2)10-5-8(3)9(4)11(12)6-10/h5-7H,1-4H3. The van der Waals surface area contributed by atoms with Crippen LogP contribution in [-0.2, 0) is 0 Å². The SMILES string of the molecule is Cc1cc(C(C)C)cc(F)c1C. The highest BCUT2D eigenvalue weighted by atomic mass is 19.1. The van der Waals surface area contributed by atoms with E-state index in [9.17, 15) is 4.39 Å². The molecular formula is C11H15F. The molecule has 0 saturated carbocycles. The fraction of sp³-hybridized carbons (Fsp3) is 0.455. The Labute approximate surface area is 73.4 Å². The van der Waals surface area contributed by atoms with Crippen LogP contribution in [0.15, 0.2) is 12.1 Å². The zero-order valence-electron chi connectivity index (χ0n) is 8.11. The minimum atomic E-state index is -0.0845. The van der Waals surface area contributed by atoms with E-state index in [0.29, 0.717) is 5.92 Å². The minimum Gasteiger partial charge on any atom is -0.207 e. The van der Waals surface area contributed by atoms with Gasteiger partial charge in [-0.2, -0.15) is 0 Å². The molecule has 0 amide bonds. The lowest BCUT2D eigenvalue weighted by Crippen LogP contribution is -1.94. The summed E-state index contributed by atoms with van der Waals surface area (Å²) in [5, 5.41) is 0. The first-order valence-electron chi connectivity index (χ1n) is 4.29. The van der Waals surface area contributed by atoms with Crippen LogP contribution in [0.4, 0.5) is 4.39 Å². The lowest BCUT2D eigenvalue weighted by atomic mass is 9.98. The second-order valence-electron chi connectivity index (χ2n) is 3.60. The zero-order valence-corrected chi connectivity index (χ0v) is 8.11. The van der Waals surface area contributed by atoms with Crippen LogP contribution < -0.4 is 0 Å². The summed E-state index contributed by atoms with van der Waals surface area (Å²) in [6.07, 6.45) is 0. The lowest BCUT2D eigenvalue weighted by molar-refractivity contribution is 0.612. The maximum Gasteiger partial charge on any atom is 0.126 e. The Balaban J connectivity index is 3.21. The fourth-order valence-electron chi connectivity index (χ4n) is 1.18. The molecule has 0 aliphatic heterocycles. The average Bonchev–Trinajstić information content (AvgIpc) is 1.99. The Morgan fingerprint density at radius 2 is 1.75 bits per heavy atom. The molecule has 0 saturated heterocycles. The second kappa shape index (κ2) is 3.26. The van der Waals surface area contributed by atoms with Gasteiger partial charge in [-0.1, -0.05) is 19.9 Å². The number of hydrogen-bond acceptors (Lipinski definition) is 0. The number of rotatable bonds is 1. The highest BCUT2D eigenvalue weighted by Gasteiger charge is 2.05. The van der Waals surface area contributed by atoms with Gasteiger partial charge in [0.1, 0.15) is 5.82 Å². The Morgan fingerprint density at radius 1 is 1.17 bits per heavy atom. The van der Waals surface area contributed by atoms with Crippen LogP contribution in [0.2, 0.25) is 0 Å². The highest BCUT2D eigenvalue weighted by Crippen LogP contribution is 2.20. The Kier molecular flexibility index (Phi) is 2.51. The monoisotopic (exact) mass is 166 g/mol. The van der Waals surface area contributed by atoms with E-state index in [1.807, 2.05) is 13.8 Å². The Bertz CT molecular complexity index is 264. The molecule has 1 rings (SSSR count). The van der Waals surface area contributed by atoms with Crippen molar-refractivity contribution in [3.8, 4) is 0 Å². The first-order chi connectivity index (χ1) is 5.52. The number of benzene rings is 1. The Hall–Kier alpha value is -0.850. The Morgan fingerprint density at radius 3 is 2.17 bits per heavy atom. The van der Waals surface area contributed by atoms with Gasteiger partial charge in [-0.3, -0.25) is 0 Å². The van der Waals surface area contributed by atoms with Crippen molar-refractivity contribution in [2.45, 2.75) is 33.6 Å². The predicted molar refractivity (Wildman–Crippen MR) is 50.0 cm³/mol. The summed E-state index contributed by atoms with van der Waals surface area (Å²) in [5.74, 6) is 0.317. The zero-order chi connectivity index (χ0) is 9.30. The molecule has 0 atom stereocenters. The molecule has 0 nitrogen and oxygen atoms in total. The van der Waals surface area contributed by atoms with Crippen molar-refractivity contribution in [2.24, 2.45) is 0 Å². The van der Waals surface area contributed by atoms with Gasteiger partial charge in [0.05, 0.1) is 0 Å². The van der Waals surface area contributed by atoms with Gasteiger partial charge in [0.15, 0.2) is 0 Å². The maximum atomic E-state index is 13.2. The second-order valence-corrected chi connectivity index (χ2v) is 3.60. The van der Waals surface area contributed by atoms with E-state index in [0.717, 1.165) is 16.7 Å². The van der Waals surface area contributed by atoms with Crippen molar-refractivity contribution in [3.63, 3.8) is 0 Å². The molecule has 1 aromatic rings. The van der Waals surface area contributed by atoms with Gasteiger partial charge in [-0.15, -0.1) is 0 Å². The summed E-state index contributed by atoms with van der Waals surface area (Å²) in [6.45, 7) is 7.91. The smallest absolute Gasteiger partial charge is 0.126 e. The first-order valence-corrected chi connectivity index (χ1v) is 4.29. The van der Waals surface area contributed by atoms with Gasteiger partial charge in [-0.25, -0.2) is 4.39 Å². The number of halogens is 1. The van der Waals surface area contributed by atoms with E-state index in [4.69, 9.17) is 0 Å². The molecule has 0 aliphatic carbocycles. The van der Waals surface area contributed by atoms with E-state index < -0.39 is 0 Å². The summed E-state index contributed by atoms with van der Waals surface area (Å²) in [6, 6.07) is 3.69. The molecule has 0 spiro atoms. The van der Waals surface area contributed by atoms with E-state index >= 15 is 0 Å². The van der Waals surface area contributed by atoms with Gasteiger partial charge in [-0.05, 0) is 42.5 Å². The van der Waals surface area contributed by atoms with Crippen LogP contribution in [0.5, 0.6) is 0 Å². The summed E-state index contributed by atoms with van der Waals surface area (Å²) >= 11 is 0. The van der Waals surface area contributed by atoms with Gasteiger partial charge >= 0.3 is 0 Å². The molecule has 0 radical (unpaired) electrons. The molecule has 0 aromatic heterocycles. The quantitative estimate of drug-likeness (QED) is 0.598. The van der Waals surface area contributed by atoms with Gasteiger partial charge in [0.25, 0.3) is 0 Å². The minimum absolute atomic E-state index is 0.0845. The molecule has 12 heavy (non-hydrogen) atoms. The lowest BCUT2D eigenvalue weighted by Gasteiger charge is -2.09.